The van der Waals surface area contributed by atoms with Crippen LogP contribution in [0.1, 0.15) is 31.5 Å². The zero-order chi connectivity index (χ0) is 18.1. The predicted molar refractivity (Wildman–Crippen MR) is 96.8 cm³/mol. The van der Waals surface area contributed by atoms with Gasteiger partial charge in [-0.3, -0.25) is 0 Å². The molecular weight excluding hydrogens is 342 g/mol. The van der Waals surface area contributed by atoms with Crippen molar-refractivity contribution in [2.45, 2.75) is 39.3 Å². The van der Waals surface area contributed by atoms with Crippen molar-refractivity contribution >= 4 is 34.5 Å². The second-order valence-electron chi connectivity index (χ2n) is 6.91. The van der Waals surface area contributed by atoms with Crippen molar-refractivity contribution in [2.75, 3.05) is 6.54 Å². The maximum Gasteiger partial charge on any atom is 0.326 e. The van der Waals surface area contributed by atoms with E-state index in [-0.39, 0.29) is 11.9 Å². The number of halogens is 1. The first-order valence-corrected chi connectivity index (χ1v) is 8.80. The highest BCUT2D eigenvalue weighted by atomic mass is 35.5. The third kappa shape index (κ3) is 3.74. The van der Waals surface area contributed by atoms with Crippen LogP contribution in [0.15, 0.2) is 18.2 Å². The molecule has 2 amide bonds. The number of fused-ring (bicyclic) bond motifs is 3. The smallest absolute Gasteiger partial charge is 0.326 e. The highest BCUT2D eigenvalue weighted by Gasteiger charge is 2.27. The normalized spacial score (nSPS) is 15.3. The van der Waals surface area contributed by atoms with E-state index in [2.05, 4.69) is 10.3 Å². The molecule has 0 bridgehead atoms. The Hall–Kier alpha value is -2.21. The first-order valence-electron chi connectivity index (χ1n) is 8.42. The third-order valence-corrected chi connectivity index (χ3v) is 4.76. The Morgan fingerprint density at radius 2 is 2.16 bits per heavy atom. The van der Waals surface area contributed by atoms with Crippen molar-refractivity contribution in [3.05, 3.63) is 34.5 Å². The first kappa shape index (κ1) is 17.6. The molecule has 3 rings (SSSR count). The van der Waals surface area contributed by atoms with Gasteiger partial charge in [-0.05, 0) is 42.5 Å². The Morgan fingerprint density at radius 3 is 2.84 bits per heavy atom. The summed E-state index contributed by atoms with van der Waals surface area (Å²) in [6, 6.07) is 4.50. The lowest BCUT2D eigenvalue weighted by molar-refractivity contribution is -0.139. The van der Waals surface area contributed by atoms with Gasteiger partial charge >= 0.3 is 12.0 Å². The van der Waals surface area contributed by atoms with Crippen LogP contribution in [0.5, 0.6) is 0 Å². The van der Waals surface area contributed by atoms with E-state index in [1.165, 1.54) is 5.56 Å². The number of carboxylic acid groups (broad SMARTS) is 1. The standard InChI is InChI=1S/C18H22ClN3O3/c1-10(2)7-15(17(23)24)21-18(25)22-6-5-12-13-8-11(19)3-4-14(13)20-16(12)9-22/h3-4,8,10,15,20H,5-7,9H2,1-2H3,(H,21,25)(H,23,24). The van der Waals surface area contributed by atoms with Gasteiger partial charge in [0.05, 0.1) is 6.54 Å². The van der Waals surface area contributed by atoms with Crippen LogP contribution < -0.4 is 5.32 Å². The molecule has 1 aliphatic heterocycles. The Labute approximate surface area is 151 Å². The molecule has 2 aromatic rings. The number of aliphatic carboxylic acids is 1. The largest absolute Gasteiger partial charge is 0.480 e. The molecule has 3 N–H and O–H groups in total. The second-order valence-corrected chi connectivity index (χ2v) is 7.35. The summed E-state index contributed by atoms with van der Waals surface area (Å²) in [5.41, 5.74) is 3.16. The monoisotopic (exact) mass is 363 g/mol. The quantitative estimate of drug-likeness (QED) is 0.778. The van der Waals surface area contributed by atoms with Gasteiger partial charge < -0.3 is 20.3 Å². The molecule has 25 heavy (non-hydrogen) atoms. The topological polar surface area (TPSA) is 85.4 Å². The number of nitrogens with zero attached hydrogens (tertiary/aromatic N) is 1. The van der Waals surface area contributed by atoms with Crippen molar-refractivity contribution in [3.8, 4) is 0 Å². The molecule has 134 valence electrons. The molecule has 1 unspecified atom stereocenters. The van der Waals surface area contributed by atoms with E-state index in [1.807, 2.05) is 32.0 Å². The van der Waals surface area contributed by atoms with Gasteiger partial charge in [0.15, 0.2) is 0 Å². The number of nitrogens with one attached hydrogen (secondary N) is 2. The molecule has 1 aliphatic rings. The number of carbonyl (C=O) groups is 2. The molecule has 2 heterocycles. The molecule has 1 atom stereocenters. The van der Waals surface area contributed by atoms with E-state index in [0.717, 1.165) is 16.6 Å². The van der Waals surface area contributed by atoms with E-state index < -0.39 is 12.0 Å². The SMILES string of the molecule is CC(C)CC(NC(=O)N1CCc2c([nH]c3ccc(Cl)cc23)C1)C(=O)O. The van der Waals surface area contributed by atoms with Gasteiger partial charge in [-0.15, -0.1) is 0 Å². The van der Waals surface area contributed by atoms with E-state index in [0.29, 0.717) is 31.0 Å². The van der Waals surface area contributed by atoms with Gasteiger partial charge in [0, 0.05) is 28.2 Å². The van der Waals surface area contributed by atoms with Crippen molar-refractivity contribution in [1.29, 1.82) is 0 Å². The van der Waals surface area contributed by atoms with Crippen molar-refractivity contribution in [1.82, 2.24) is 15.2 Å². The van der Waals surface area contributed by atoms with Crippen LogP contribution in [0.25, 0.3) is 10.9 Å². The average Bonchev–Trinajstić information content (AvgIpc) is 2.90. The molecule has 7 heteroatoms. The van der Waals surface area contributed by atoms with Crippen LogP contribution in [0.3, 0.4) is 0 Å². The minimum Gasteiger partial charge on any atom is -0.480 e. The Bertz CT molecular complexity index is 815. The lowest BCUT2D eigenvalue weighted by Crippen LogP contribution is -2.49. The fourth-order valence-corrected chi connectivity index (χ4v) is 3.49. The van der Waals surface area contributed by atoms with Crippen molar-refractivity contribution in [2.24, 2.45) is 5.92 Å². The number of carbonyl (C=O) groups excluding carboxylic acids is 1. The number of carboxylic acids is 1. The fraction of sp³-hybridized carbons (Fsp3) is 0.444. The molecule has 0 spiro atoms. The molecule has 6 nitrogen and oxygen atoms in total. The van der Waals surface area contributed by atoms with Gasteiger partial charge in [-0.2, -0.15) is 0 Å². The number of urea groups is 1. The molecule has 0 fully saturated rings. The minimum absolute atomic E-state index is 0.188. The predicted octanol–water partition coefficient (Wildman–Crippen LogP) is 3.39. The number of amides is 2. The van der Waals surface area contributed by atoms with Gasteiger partial charge in [-0.25, -0.2) is 9.59 Å². The minimum atomic E-state index is -1.000. The fourth-order valence-electron chi connectivity index (χ4n) is 3.32. The van der Waals surface area contributed by atoms with Gasteiger partial charge in [0.2, 0.25) is 0 Å². The first-order chi connectivity index (χ1) is 11.8. The van der Waals surface area contributed by atoms with Gasteiger partial charge in [0.25, 0.3) is 0 Å². The zero-order valence-electron chi connectivity index (χ0n) is 14.3. The summed E-state index contributed by atoms with van der Waals surface area (Å²) in [7, 11) is 0. The summed E-state index contributed by atoms with van der Waals surface area (Å²) in [6.07, 6.45) is 1.12. The number of benzene rings is 1. The number of hydrogen-bond acceptors (Lipinski definition) is 2. The molecule has 1 aromatic carbocycles. The summed E-state index contributed by atoms with van der Waals surface area (Å²) in [5.74, 6) is -0.812. The second kappa shape index (κ2) is 6.96. The molecule has 1 aromatic heterocycles. The van der Waals surface area contributed by atoms with Crippen molar-refractivity contribution in [3.63, 3.8) is 0 Å². The average molecular weight is 364 g/mol. The number of rotatable bonds is 4. The van der Waals surface area contributed by atoms with E-state index >= 15 is 0 Å². The molecule has 0 radical (unpaired) electrons. The summed E-state index contributed by atoms with van der Waals surface area (Å²) in [5, 5.41) is 13.7. The lowest BCUT2D eigenvalue weighted by atomic mass is 10.0. The van der Waals surface area contributed by atoms with E-state index in [9.17, 15) is 14.7 Å². The molecule has 0 saturated heterocycles. The van der Waals surface area contributed by atoms with Crippen LogP contribution in [0.2, 0.25) is 5.02 Å². The third-order valence-electron chi connectivity index (χ3n) is 4.53. The highest BCUT2D eigenvalue weighted by Crippen LogP contribution is 2.29. The maximum atomic E-state index is 12.5. The molecule has 0 aliphatic carbocycles. The number of hydrogen-bond donors (Lipinski definition) is 3. The van der Waals surface area contributed by atoms with Gasteiger partial charge in [0.1, 0.15) is 6.04 Å². The maximum absolute atomic E-state index is 12.5. The Kier molecular flexibility index (Phi) is 4.90. The highest BCUT2D eigenvalue weighted by molar-refractivity contribution is 6.31. The Balaban J connectivity index is 1.74. The zero-order valence-corrected chi connectivity index (χ0v) is 15.1. The van der Waals surface area contributed by atoms with Crippen LogP contribution in [-0.2, 0) is 17.8 Å². The van der Waals surface area contributed by atoms with E-state index in [4.69, 9.17) is 11.6 Å². The van der Waals surface area contributed by atoms with Crippen LogP contribution in [0.4, 0.5) is 4.79 Å². The van der Waals surface area contributed by atoms with Crippen LogP contribution in [-0.4, -0.2) is 39.6 Å². The molecule has 0 saturated carbocycles. The summed E-state index contributed by atoms with van der Waals surface area (Å²) in [4.78, 5) is 28.8. The Morgan fingerprint density at radius 1 is 1.40 bits per heavy atom. The van der Waals surface area contributed by atoms with E-state index in [1.54, 1.807) is 4.90 Å². The number of aromatic amines is 1. The summed E-state index contributed by atoms with van der Waals surface area (Å²) < 4.78 is 0. The molecular formula is C18H22ClN3O3. The summed E-state index contributed by atoms with van der Waals surface area (Å²) in [6.45, 7) is 4.85. The number of aromatic nitrogens is 1. The lowest BCUT2D eigenvalue weighted by Gasteiger charge is -2.29. The summed E-state index contributed by atoms with van der Waals surface area (Å²) >= 11 is 6.08. The van der Waals surface area contributed by atoms with Crippen LogP contribution in [0, 0.1) is 5.92 Å². The number of H-pyrrole nitrogens is 1. The van der Waals surface area contributed by atoms with Crippen LogP contribution >= 0.6 is 11.6 Å². The van der Waals surface area contributed by atoms with Gasteiger partial charge in [-0.1, -0.05) is 25.4 Å². The van der Waals surface area contributed by atoms with Crippen molar-refractivity contribution < 1.29 is 14.7 Å².